The van der Waals surface area contributed by atoms with Gasteiger partial charge in [0.05, 0.1) is 20.8 Å². The van der Waals surface area contributed by atoms with Gasteiger partial charge in [0, 0.05) is 23.1 Å². The van der Waals surface area contributed by atoms with E-state index < -0.39 is 5.97 Å². The van der Waals surface area contributed by atoms with Crippen molar-refractivity contribution in [3.63, 3.8) is 0 Å². The number of nitrogens with one attached hydrogen (secondary N) is 1. The molecule has 0 saturated carbocycles. The Labute approximate surface area is 128 Å². The van der Waals surface area contributed by atoms with Crippen LogP contribution in [-0.2, 0) is 25.7 Å². The van der Waals surface area contributed by atoms with E-state index in [-0.39, 0.29) is 12.6 Å². The van der Waals surface area contributed by atoms with E-state index in [4.69, 9.17) is 15.4 Å². The first-order valence-electron chi connectivity index (χ1n) is 6.85. The number of benzene rings is 1. The standard InChI is InChI=1S/C15H20N2O5/c1-19-15(18)9-21-12-3-4-14-13(6-12)10(7-17-14)5-11(16)8-22-20-2/h3-4,6-7,11,17H,5,8-9,16H2,1-2H3/t11-/m0/s1. The number of rotatable bonds is 8. The second kappa shape index (κ2) is 7.79. The molecule has 0 bridgehead atoms. The lowest BCUT2D eigenvalue weighted by atomic mass is 10.1. The quantitative estimate of drug-likeness (QED) is 0.432. The fourth-order valence-corrected chi connectivity index (χ4v) is 2.11. The van der Waals surface area contributed by atoms with E-state index in [1.807, 2.05) is 18.3 Å². The highest BCUT2D eigenvalue weighted by atomic mass is 17.2. The smallest absolute Gasteiger partial charge is 0.343 e. The van der Waals surface area contributed by atoms with Gasteiger partial charge in [0.25, 0.3) is 0 Å². The van der Waals surface area contributed by atoms with Crippen molar-refractivity contribution >= 4 is 16.9 Å². The van der Waals surface area contributed by atoms with Crippen molar-refractivity contribution in [3.8, 4) is 5.75 Å². The summed E-state index contributed by atoms with van der Waals surface area (Å²) >= 11 is 0. The van der Waals surface area contributed by atoms with Crippen LogP contribution in [0.25, 0.3) is 10.9 Å². The van der Waals surface area contributed by atoms with Crippen molar-refractivity contribution in [2.24, 2.45) is 5.73 Å². The Kier molecular flexibility index (Phi) is 5.76. The first-order chi connectivity index (χ1) is 10.6. The maximum absolute atomic E-state index is 11.1. The molecule has 1 heterocycles. The van der Waals surface area contributed by atoms with Gasteiger partial charge in [-0.1, -0.05) is 0 Å². The second-order valence-electron chi connectivity index (χ2n) is 4.80. The zero-order chi connectivity index (χ0) is 15.9. The van der Waals surface area contributed by atoms with Crippen molar-refractivity contribution in [2.45, 2.75) is 12.5 Å². The van der Waals surface area contributed by atoms with E-state index in [1.165, 1.54) is 14.2 Å². The largest absolute Gasteiger partial charge is 0.482 e. The Morgan fingerprint density at radius 2 is 2.18 bits per heavy atom. The molecule has 3 N–H and O–H groups in total. The predicted octanol–water partition coefficient (Wildman–Crippen LogP) is 1.17. The highest BCUT2D eigenvalue weighted by Crippen LogP contribution is 2.24. The molecule has 0 fully saturated rings. The molecule has 0 radical (unpaired) electrons. The van der Waals surface area contributed by atoms with Gasteiger partial charge in [-0.2, -0.15) is 0 Å². The van der Waals surface area contributed by atoms with Gasteiger partial charge in [-0.25, -0.2) is 14.6 Å². The first kappa shape index (κ1) is 16.3. The Morgan fingerprint density at radius 1 is 1.36 bits per heavy atom. The van der Waals surface area contributed by atoms with Crippen LogP contribution in [0.5, 0.6) is 5.75 Å². The third kappa shape index (κ3) is 4.20. The summed E-state index contributed by atoms with van der Waals surface area (Å²) in [5.74, 6) is 0.175. The Morgan fingerprint density at radius 3 is 2.91 bits per heavy atom. The van der Waals surface area contributed by atoms with Gasteiger partial charge in [0.15, 0.2) is 6.61 Å². The first-order valence-corrected chi connectivity index (χ1v) is 6.85. The molecule has 0 aliphatic heterocycles. The van der Waals surface area contributed by atoms with Crippen LogP contribution >= 0.6 is 0 Å². The van der Waals surface area contributed by atoms with Gasteiger partial charge in [-0.3, -0.25) is 0 Å². The van der Waals surface area contributed by atoms with Gasteiger partial charge in [-0.15, -0.1) is 0 Å². The summed E-state index contributed by atoms with van der Waals surface area (Å²) < 4.78 is 9.94. The summed E-state index contributed by atoms with van der Waals surface area (Å²) in [6.45, 7) is 0.185. The number of fused-ring (bicyclic) bond motifs is 1. The number of H-pyrrole nitrogens is 1. The molecule has 22 heavy (non-hydrogen) atoms. The summed E-state index contributed by atoms with van der Waals surface area (Å²) in [6.07, 6.45) is 2.53. The highest BCUT2D eigenvalue weighted by molar-refractivity contribution is 5.84. The van der Waals surface area contributed by atoms with Gasteiger partial charge >= 0.3 is 5.97 Å². The van der Waals surface area contributed by atoms with Crippen molar-refractivity contribution in [2.75, 3.05) is 27.4 Å². The van der Waals surface area contributed by atoms with Crippen LogP contribution in [0.2, 0.25) is 0 Å². The minimum absolute atomic E-state index is 0.122. The monoisotopic (exact) mass is 308 g/mol. The summed E-state index contributed by atoms with van der Waals surface area (Å²) in [5.41, 5.74) is 8.00. The minimum atomic E-state index is -0.423. The fourth-order valence-electron chi connectivity index (χ4n) is 2.11. The average molecular weight is 308 g/mol. The summed E-state index contributed by atoms with van der Waals surface area (Å²) in [4.78, 5) is 23.7. The molecule has 120 valence electrons. The van der Waals surface area contributed by atoms with Gasteiger partial charge in [0.2, 0.25) is 0 Å². The zero-order valence-corrected chi connectivity index (χ0v) is 12.6. The van der Waals surface area contributed by atoms with Crippen LogP contribution in [0.3, 0.4) is 0 Å². The lowest BCUT2D eigenvalue weighted by molar-refractivity contribution is -0.274. The molecule has 0 unspecified atom stereocenters. The van der Waals surface area contributed by atoms with E-state index in [1.54, 1.807) is 6.07 Å². The molecular formula is C15H20N2O5. The summed E-state index contributed by atoms with van der Waals surface area (Å²) in [6, 6.07) is 5.37. The molecule has 0 aliphatic rings. The fraction of sp³-hybridized carbons (Fsp3) is 0.400. The molecule has 1 atom stereocenters. The van der Waals surface area contributed by atoms with E-state index >= 15 is 0 Å². The van der Waals surface area contributed by atoms with Gasteiger partial charge < -0.3 is 20.2 Å². The highest BCUT2D eigenvalue weighted by Gasteiger charge is 2.11. The number of nitrogens with two attached hydrogens (primary N) is 1. The van der Waals surface area contributed by atoms with Crippen LogP contribution in [-0.4, -0.2) is 44.4 Å². The number of hydrogen-bond acceptors (Lipinski definition) is 6. The number of hydrogen-bond donors (Lipinski definition) is 2. The summed E-state index contributed by atoms with van der Waals surface area (Å²) in [7, 11) is 2.77. The normalized spacial score (nSPS) is 12.3. The number of aromatic nitrogens is 1. The molecule has 1 aromatic heterocycles. The number of carbonyl (C=O) groups is 1. The number of aromatic amines is 1. The topological polar surface area (TPSA) is 95.8 Å². The Balaban J connectivity index is 2.09. The van der Waals surface area contributed by atoms with E-state index in [2.05, 4.69) is 14.6 Å². The maximum atomic E-state index is 11.1. The Bertz CT molecular complexity index is 625. The van der Waals surface area contributed by atoms with E-state index in [0.717, 1.165) is 16.5 Å². The van der Waals surface area contributed by atoms with E-state index in [0.29, 0.717) is 18.8 Å². The lowest BCUT2D eigenvalue weighted by Crippen LogP contribution is -2.28. The summed E-state index contributed by atoms with van der Waals surface area (Å²) in [5, 5.41) is 0.996. The lowest BCUT2D eigenvalue weighted by Gasteiger charge is -2.10. The van der Waals surface area contributed by atoms with Crippen molar-refractivity contribution < 1.29 is 24.0 Å². The second-order valence-corrected chi connectivity index (χ2v) is 4.80. The Hall–Kier alpha value is -2.09. The zero-order valence-electron chi connectivity index (χ0n) is 12.6. The van der Waals surface area contributed by atoms with E-state index in [9.17, 15) is 4.79 Å². The number of ether oxygens (including phenoxy) is 2. The number of carbonyl (C=O) groups excluding carboxylic acids is 1. The third-order valence-electron chi connectivity index (χ3n) is 3.21. The molecule has 7 heteroatoms. The molecule has 0 amide bonds. The average Bonchev–Trinajstić information content (AvgIpc) is 2.92. The van der Waals surface area contributed by atoms with Crippen LogP contribution in [0, 0.1) is 0 Å². The number of esters is 1. The maximum Gasteiger partial charge on any atom is 0.343 e. The molecule has 2 rings (SSSR count). The van der Waals surface area contributed by atoms with Crippen molar-refractivity contribution in [1.82, 2.24) is 4.98 Å². The molecule has 2 aromatic rings. The van der Waals surface area contributed by atoms with Gasteiger partial charge in [0.1, 0.15) is 5.75 Å². The SMILES string of the molecule is COOC[C@@H](N)Cc1c[nH]c2ccc(OCC(=O)OC)cc12. The third-order valence-corrected chi connectivity index (χ3v) is 3.21. The minimum Gasteiger partial charge on any atom is -0.482 e. The molecule has 0 aliphatic carbocycles. The van der Waals surface area contributed by atoms with Crippen LogP contribution < -0.4 is 10.5 Å². The predicted molar refractivity (Wildman–Crippen MR) is 80.5 cm³/mol. The van der Waals surface area contributed by atoms with Crippen molar-refractivity contribution in [3.05, 3.63) is 30.0 Å². The molecule has 7 nitrogen and oxygen atoms in total. The van der Waals surface area contributed by atoms with Crippen LogP contribution in [0.1, 0.15) is 5.56 Å². The molecular weight excluding hydrogens is 288 g/mol. The molecule has 0 saturated heterocycles. The van der Waals surface area contributed by atoms with Gasteiger partial charge in [-0.05, 0) is 30.2 Å². The van der Waals surface area contributed by atoms with Crippen LogP contribution in [0.4, 0.5) is 0 Å². The van der Waals surface area contributed by atoms with Crippen molar-refractivity contribution in [1.29, 1.82) is 0 Å². The van der Waals surface area contributed by atoms with Crippen LogP contribution in [0.15, 0.2) is 24.4 Å². The number of methoxy groups -OCH3 is 1. The molecule has 0 spiro atoms. The molecule has 1 aromatic carbocycles.